The normalized spacial score (nSPS) is 10.6. The van der Waals surface area contributed by atoms with Gasteiger partial charge in [-0.15, -0.1) is 12.8 Å². The fourth-order valence-corrected chi connectivity index (χ4v) is 0.696. The lowest BCUT2D eigenvalue weighted by Crippen LogP contribution is -2.32. The number of amides is 1. The van der Waals surface area contributed by atoms with Crippen LogP contribution in [0.2, 0.25) is 0 Å². The van der Waals surface area contributed by atoms with Crippen molar-refractivity contribution in [2.45, 2.75) is 25.8 Å². The van der Waals surface area contributed by atoms with Gasteiger partial charge < -0.3 is 16.2 Å². The number of nitrogens with two attached hydrogens (primary N) is 1. The maximum Gasteiger partial charge on any atom is 0.320 e. The van der Waals surface area contributed by atoms with Gasteiger partial charge in [0.25, 0.3) is 0 Å². The molecule has 14 heavy (non-hydrogen) atoms. The molecule has 0 fully saturated rings. The number of hydrogen-bond donors (Lipinski definition) is 3. The zero-order valence-electron chi connectivity index (χ0n) is 8.19. The van der Waals surface area contributed by atoms with Crippen LogP contribution in [0.15, 0.2) is 0 Å². The van der Waals surface area contributed by atoms with Crippen molar-refractivity contribution in [3.05, 3.63) is 0 Å². The zero-order valence-corrected chi connectivity index (χ0v) is 8.19. The highest BCUT2D eigenvalue weighted by Crippen LogP contribution is 1.93. The molecule has 80 valence electrons. The Morgan fingerprint density at radius 3 is 2.36 bits per heavy atom. The van der Waals surface area contributed by atoms with Crippen LogP contribution in [0.1, 0.15) is 19.8 Å². The summed E-state index contributed by atoms with van der Waals surface area (Å²) in [6.07, 6.45) is 8.35. The van der Waals surface area contributed by atoms with E-state index in [1.165, 1.54) is 0 Å². The standard InChI is InChI=1S/C7H14N2O3.C2H2/c1-2-9-6(10)4-3-5(8)7(11)12;1-2/h5H,2-4,8H2,1H3,(H,9,10)(H,11,12);1-2H/t5-;/m1./s1. The monoisotopic (exact) mass is 200 g/mol. The number of nitrogens with one attached hydrogen (secondary N) is 1. The molecule has 0 rings (SSSR count). The quantitative estimate of drug-likeness (QED) is 0.525. The van der Waals surface area contributed by atoms with Crippen molar-refractivity contribution >= 4 is 11.9 Å². The van der Waals surface area contributed by atoms with Gasteiger partial charge in [0.2, 0.25) is 5.91 Å². The van der Waals surface area contributed by atoms with E-state index in [1.54, 1.807) is 6.92 Å². The van der Waals surface area contributed by atoms with Crippen molar-refractivity contribution in [1.82, 2.24) is 5.32 Å². The molecule has 0 heterocycles. The molecule has 0 aromatic carbocycles. The summed E-state index contributed by atoms with van der Waals surface area (Å²) < 4.78 is 0. The van der Waals surface area contributed by atoms with Crippen LogP contribution in [0.3, 0.4) is 0 Å². The Morgan fingerprint density at radius 2 is 2.00 bits per heavy atom. The van der Waals surface area contributed by atoms with Gasteiger partial charge in [-0.05, 0) is 13.3 Å². The number of carbonyl (C=O) groups is 2. The van der Waals surface area contributed by atoms with E-state index in [4.69, 9.17) is 10.8 Å². The Labute approximate surface area is 83.7 Å². The molecule has 0 spiro atoms. The van der Waals surface area contributed by atoms with E-state index in [9.17, 15) is 9.59 Å². The van der Waals surface area contributed by atoms with Crippen molar-refractivity contribution in [2.75, 3.05) is 6.54 Å². The Morgan fingerprint density at radius 1 is 1.50 bits per heavy atom. The highest BCUT2D eigenvalue weighted by molar-refractivity contribution is 5.78. The van der Waals surface area contributed by atoms with E-state index in [-0.39, 0.29) is 18.7 Å². The molecular weight excluding hydrogens is 184 g/mol. The Bertz CT molecular complexity index is 201. The molecule has 5 heteroatoms. The fourth-order valence-electron chi connectivity index (χ4n) is 0.696. The van der Waals surface area contributed by atoms with Gasteiger partial charge in [-0.3, -0.25) is 9.59 Å². The molecule has 0 radical (unpaired) electrons. The van der Waals surface area contributed by atoms with E-state index in [1.807, 2.05) is 0 Å². The van der Waals surface area contributed by atoms with Crippen LogP contribution in [0.5, 0.6) is 0 Å². The Balaban J connectivity index is 0. The molecule has 0 aliphatic rings. The van der Waals surface area contributed by atoms with Crippen molar-refractivity contribution in [1.29, 1.82) is 0 Å². The fraction of sp³-hybridized carbons (Fsp3) is 0.556. The lowest BCUT2D eigenvalue weighted by atomic mass is 10.1. The lowest BCUT2D eigenvalue weighted by molar-refractivity contribution is -0.138. The molecule has 1 atom stereocenters. The first-order chi connectivity index (χ1) is 6.57. The minimum Gasteiger partial charge on any atom is -0.480 e. The molecule has 0 unspecified atom stereocenters. The second-order valence-corrected chi connectivity index (χ2v) is 2.44. The van der Waals surface area contributed by atoms with E-state index in [0.717, 1.165) is 0 Å². The van der Waals surface area contributed by atoms with Gasteiger partial charge in [0.15, 0.2) is 0 Å². The van der Waals surface area contributed by atoms with E-state index in [2.05, 4.69) is 18.2 Å². The number of carboxylic acids is 1. The maximum atomic E-state index is 10.8. The summed E-state index contributed by atoms with van der Waals surface area (Å²) in [5.74, 6) is -1.23. The number of aliphatic carboxylic acids is 1. The summed E-state index contributed by atoms with van der Waals surface area (Å²) in [6.45, 7) is 2.36. The zero-order chi connectivity index (χ0) is 11.6. The molecule has 0 saturated carbocycles. The predicted octanol–water partition coefficient (Wildman–Crippen LogP) is -0.436. The third-order valence-corrected chi connectivity index (χ3v) is 1.37. The van der Waals surface area contributed by atoms with Gasteiger partial charge in [-0.1, -0.05) is 0 Å². The SMILES string of the molecule is C#C.CCNC(=O)CC[C@@H](N)C(=O)O. The summed E-state index contributed by atoms with van der Waals surface area (Å²) in [6, 6.07) is -0.937. The highest BCUT2D eigenvalue weighted by atomic mass is 16.4. The predicted molar refractivity (Wildman–Crippen MR) is 53.4 cm³/mol. The van der Waals surface area contributed by atoms with E-state index < -0.39 is 12.0 Å². The number of carbonyl (C=O) groups excluding carboxylic acids is 1. The minimum atomic E-state index is -1.07. The average molecular weight is 200 g/mol. The van der Waals surface area contributed by atoms with Gasteiger partial charge >= 0.3 is 5.97 Å². The van der Waals surface area contributed by atoms with Crippen LogP contribution in [0.4, 0.5) is 0 Å². The summed E-state index contributed by atoms with van der Waals surface area (Å²) in [7, 11) is 0. The van der Waals surface area contributed by atoms with Crippen molar-refractivity contribution in [3.63, 3.8) is 0 Å². The molecule has 0 aliphatic heterocycles. The third kappa shape index (κ3) is 8.56. The van der Waals surface area contributed by atoms with Crippen LogP contribution in [-0.2, 0) is 9.59 Å². The summed E-state index contributed by atoms with van der Waals surface area (Å²) in [5, 5.41) is 10.9. The summed E-state index contributed by atoms with van der Waals surface area (Å²) in [4.78, 5) is 21.0. The van der Waals surface area contributed by atoms with Crippen LogP contribution < -0.4 is 11.1 Å². The second-order valence-electron chi connectivity index (χ2n) is 2.44. The molecule has 4 N–H and O–H groups in total. The highest BCUT2D eigenvalue weighted by Gasteiger charge is 2.12. The number of hydrogen-bond acceptors (Lipinski definition) is 3. The van der Waals surface area contributed by atoms with Gasteiger partial charge in [0, 0.05) is 13.0 Å². The number of rotatable bonds is 5. The molecule has 0 aliphatic carbocycles. The Hall–Kier alpha value is -1.54. The summed E-state index contributed by atoms with van der Waals surface area (Å²) in [5.41, 5.74) is 5.18. The topological polar surface area (TPSA) is 92.4 Å². The third-order valence-electron chi connectivity index (χ3n) is 1.37. The second kappa shape index (κ2) is 9.55. The van der Waals surface area contributed by atoms with Crippen LogP contribution in [0, 0.1) is 12.8 Å². The van der Waals surface area contributed by atoms with Crippen molar-refractivity contribution in [2.24, 2.45) is 5.73 Å². The molecule has 0 bridgehead atoms. The minimum absolute atomic E-state index is 0.158. The van der Waals surface area contributed by atoms with Gasteiger partial charge in [-0.2, -0.15) is 0 Å². The molecule has 5 nitrogen and oxygen atoms in total. The van der Waals surface area contributed by atoms with E-state index >= 15 is 0 Å². The van der Waals surface area contributed by atoms with Crippen molar-refractivity contribution < 1.29 is 14.7 Å². The molecule has 0 aromatic heterocycles. The smallest absolute Gasteiger partial charge is 0.320 e. The average Bonchev–Trinajstić information content (AvgIpc) is 2.17. The Kier molecular flexibility index (Phi) is 10.2. The maximum absolute atomic E-state index is 10.8. The van der Waals surface area contributed by atoms with Gasteiger partial charge in [-0.25, -0.2) is 0 Å². The molecule has 0 aromatic rings. The molecular formula is C9H16N2O3. The van der Waals surface area contributed by atoms with Gasteiger partial charge in [0.05, 0.1) is 0 Å². The number of carboxylic acid groups (broad SMARTS) is 1. The first kappa shape index (κ1) is 15.0. The van der Waals surface area contributed by atoms with Crippen LogP contribution in [-0.4, -0.2) is 29.6 Å². The number of terminal acetylenes is 1. The van der Waals surface area contributed by atoms with Crippen LogP contribution in [0.25, 0.3) is 0 Å². The summed E-state index contributed by atoms with van der Waals surface area (Å²) >= 11 is 0. The first-order valence-electron chi connectivity index (χ1n) is 4.16. The molecule has 0 saturated heterocycles. The van der Waals surface area contributed by atoms with Crippen LogP contribution >= 0.6 is 0 Å². The largest absolute Gasteiger partial charge is 0.480 e. The first-order valence-corrected chi connectivity index (χ1v) is 4.16. The lowest BCUT2D eigenvalue weighted by Gasteiger charge is -2.05. The van der Waals surface area contributed by atoms with Crippen molar-refractivity contribution in [3.8, 4) is 12.8 Å². The molecule has 1 amide bonds. The van der Waals surface area contributed by atoms with Gasteiger partial charge in [0.1, 0.15) is 6.04 Å². The van der Waals surface area contributed by atoms with E-state index in [0.29, 0.717) is 6.54 Å².